The van der Waals surface area contributed by atoms with Gasteiger partial charge < -0.3 is 9.84 Å². The topological polar surface area (TPSA) is 80.7 Å². The molecule has 1 N–H and O–H groups in total. The molecule has 0 heterocycles. The lowest BCUT2D eigenvalue weighted by Gasteiger charge is -2.07. The first-order chi connectivity index (χ1) is 5.89. The van der Waals surface area contributed by atoms with E-state index in [0.29, 0.717) is 0 Å². The van der Waals surface area contributed by atoms with Crippen molar-refractivity contribution in [2.45, 2.75) is 20.0 Å². The van der Waals surface area contributed by atoms with Crippen molar-refractivity contribution in [3.05, 3.63) is 0 Å². The molecule has 0 aromatic heterocycles. The summed E-state index contributed by atoms with van der Waals surface area (Å²) in [7, 11) is -3.06. The molecule has 0 aliphatic carbocycles. The minimum absolute atomic E-state index is 0.0534. The quantitative estimate of drug-likeness (QED) is 0.662. The SMILES string of the molecule is CCS(=O)(=O)CCO[C@@H](C)C(=O)O. The van der Waals surface area contributed by atoms with Crippen LogP contribution in [0.25, 0.3) is 0 Å². The van der Waals surface area contributed by atoms with E-state index in [1.54, 1.807) is 0 Å². The monoisotopic (exact) mass is 210 g/mol. The number of carbonyl (C=O) groups is 1. The molecule has 0 saturated heterocycles. The zero-order valence-electron chi connectivity index (χ0n) is 7.69. The summed E-state index contributed by atoms with van der Waals surface area (Å²) < 4.78 is 26.6. The van der Waals surface area contributed by atoms with E-state index in [9.17, 15) is 13.2 Å². The summed E-state index contributed by atoms with van der Waals surface area (Å²) in [6.45, 7) is 2.83. The van der Waals surface area contributed by atoms with Crippen molar-refractivity contribution in [3.63, 3.8) is 0 Å². The molecule has 13 heavy (non-hydrogen) atoms. The Morgan fingerprint density at radius 1 is 1.54 bits per heavy atom. The molecule has 5 nitrogen and oxygen atoms in total. The highest BCUT2D eigenvalue weighted by molar-refractivity contribution is 7.91. The fraction of sp³-hybridized carbons (Fsp3) is 0.857. The molecule has 6 heteroatoms. The molecule has 0 spiro atoms. The van der Waals surface area contributed by atoms with Gasteiger partial charge in [0.2, 0.25) is 0 Å². The number of carboxylic acid groups (broad SMARTS) is 1. The van der Waals surface area contributed by atoms with Gasteiger partial charge in [0.15, 0.2) is 15.9 Å². The van der Waals surface area contributed by atoms with E-state index in [4.69, 9.17) is 9.84 Å². The first-order valence-electron chi connectivity index (χ1n) is 3.94. The summed E-state index contributed by atoms with van der Waals surface area (Å²) in [4.78, 5) is 10.2. The molecule has 0 aromatic carbocycles. The molecular weight excluding hydrogens is 196 g/mol. The van der Waals surface area contributed by atoms with Gasteiger partial charge in [-0.3, -0.25) is 0 Å². The zero-order chi connectivity index (χ0) is 10.5. The molecule has 78 valence electrons. The minimum atomic E-state index is -3.06. The average molecular weight is 210 g/mol. The lowest BCUT2D eigenvalue weighted by Crippen LogP contribution is -2.23. The Morgan fingerprint density at radius 3 is 2.46 bits per heavy atom. The first-order valence-corrected chi connectivity index (χ1v) is 5.76. The molecule has 0 unspecified atom stereocenters. The first kappa shape index (κ1) is 12.4. The largest absolute Gasteiger partial charge is 0.479 e. The van der Waals surface area contributed by atoms with Crippen molar-refractivity contribution in [2.75, 3.05) is 18.1 Å². The molecule has 0 amide bonds. The van der Waals surface area contributed by atoms with Crippen LogP contribution in [-0.2, 0) is 19.4 Å². The van der Waals surface area contributed by atoms with Crippen molar-refractivity contribution in [1.82, 2.24) is 0 Å². The van der Waals surface area contributed by atoms with Crippen molar-refractivity contribution < 1.29 is 23.1 Å². The van der Waals surface area contributed by atoms with Crippen LogP contribution in [0.3, 0.4) is 0 Å². The van der Waals surface area contributed by atoms with Crippen LogP contribution in [0.1, 0.15) is 13.8 Å². The van der Waals surface area contributed by atoms with E-state index in [0.717, 1.165) is 0 Å². The average Bonchev–Trinajstić information content (AvgIpc) is 2.04. The number of hydrogen-bond acceptors (Lipinski definition) is 4. The second-order valence-corrected chi connectivity index (χ2v) is 5.06. The van der Waals surface area contributed by atoms with E-state index < -0.39 is 21.9 Å². The third-order valence-corrected chi connectivity index (χ3v) is 3.22. The van der Waals surface area contributed by atoms with Crippen LogP contribution in [0.4, 0.5) is 0 Å². The number of ether oxygens (including phenoxy) is 1. The molecule has 0 saturated carbocycles. The maximum atomic E-state index is 10.9. The molecule has 0 rings (SSSR count). The lowest BCUT2D eigenvalue weighted by molar-refractivity contribution is -0.148. The smallest absolute Gasteiger partial charge is 0.332 e. The van der Waals surface area contributed by atoms with E-state index in [1.807, 2.05) is 0 Å². The Balaban J connectivity index is 3.75. The van der Waals surface area contributed by atoms with Gasteiger partial charge in [-0.2, -0.15) is 0 Å². The summed E-state index contributed by atoms with van der Waals surface area (Å²) in [5, 5.41) is 8.39. The number of rotatable bonds is 6. The standard InChI is InChI=1S/C7H14O5S/c1-3-13(10,11)5-4-12-6(2)7(8)9/h6H,3-5H2,1-2H3,(H,8,9)/t6-/m0/s1. The van der Waals surface area contributed by atoms with Crippen LogP contribution in [0, 0.1) is 0 Å². The Bertz CT molecular complexity index is 256. The summed E-state index contributed by atoms with van der Waals surface area (Å²) >= 11 is 0. The Hall–Kier alpha value is -0.620. The highest BCUT2D eigenvalue weighted by Gasteiger charge is 2.13. The van der Waals surface area contributed by atoms with Crippen LogP contribution >= 0.6 is 0 Å². The van der Waals surface area contributed by atoms with Gasteiger partial charge in [-0.25, -0.2) is 13.2 Å². The van der Waals surface area contributed by atoms with Gasteiger partial charge in [0.1, 0.15) is 0 Å². The molecule has 0 aliphatic heterocycles. The van der Waals surface area contributed by atoms with Crippen LogP contribution in [0.5, 0.6) is 0 Å². The third kappa shape index (κ3) is 5.59. The maximum Gasteiger partial charge on any atom is 0.332 e. The van der Waals surface area contributed by atoms with Crippen LogP contribution < -0.4 is 0 Å². The van der Waals surface area contributed by atoms with Gasteiger partial charge in [0, 0.05) is 5.75 Å². The van der Waals surface area contributed by atoms with Crippen molar-refractivity contribution in [1.29, 1.82) is 0 Å². The van der Waals surface area contributed by atoms with Gasteiger partial charge >= 0.3 is 5.97 Å². The molecule has 0 bridgehead atoms. The highest BCUT2D eigenvalue weighted by Crippen LogP contribution is 1.94. The molecule has 0 aromatic rings. The Labute approximate surface area is 77.6 Å². The summed E-state index contributed by atoms with van der Waals surface area (Å²) in [5.74, 6) is -1.16. The molecule has 1 atom stereocenters. The summed E-state index contributed by atoms with van der Waals surface area (Å²) in [6.07, 6.45) is -0.952. The van der Waals surface area contributed by atoms with Gasteiger partial charge in [0.05, 0.1) is 12.4 Å². The fourth-order valence-electron chi connectivity index (χ4n) is 0.567. The van der Waals surface area contributed by atoms with Crippen molar-refractivity contribution >= 4 is 15.8 Å². The van der Waals surface area contributed by atoms with E-state index in [2.05, 4.69) is 0 Å². The molecule has 0 aliphatic rings. The van der Waals surface area contributed by atoms with Crippen LogP contribution in [0.15, 0.2) is 0 Å². The Morgan fingerprint density at radius 2 is 2.08 bits per heavy atom. The fourth-order valence-corrected chi connectivity index (χ4v) is 1.21. The second kappa shape index (κ2) is 5.18. The van der Waals surface area contributed by atoms with Crippen molar-refractivity contribution in [2.24, 2.45) is 0 Å². The predicted molar refractivity (Wildman–Crippen MR) is 47.4 cm³/mol. The molecule has 0 fully saturated rings. The van der Waals surface area contributed by atoms with Gasteiger partial charge in [0.25, 0.3) is 0 Å². The van der Waals surface area contributed by atoms with Gasteiger partial charge in [-0.15, -0.1) is 0 Å². The van der Waals surface area contributed by atoms with Crippen LogP contribution in [0.2, 0.25) is 0 Å². The third-order valence-electron chi connectivity index (χ3n) is 1.55. The second-order valence-electron chi connectivity index (χ2n) is 2.59. The highest BCUT2D eigenvalue weighted by atomic mass is 32.2. The predicted octanol–water partition coefficient (Wildman–Crippen LogP) is -0.0892. The van der Waals surface area contributed by atoms with Crippen molar-refractivity contribution in [3.8, 4) is 0 Å². The summed E-state index contributed by atoms with van der Waals surface area (Å²) in [6, 6.07) is 0. The number of sulfone groups is 1. The van der Waals surface area contributed by atoms with E-state index in [-0.39, 0.29) is 18.1 Å². The van der Waals surface area contributed by atoms with E-state index >= 15 is 0 Å². The normalized spacial score (nSPS) is 14.0. The van der Waals surface area contributed by atoms with E-state index in [1.165, 1.54) is 13.8 Å². The number of carboxylic acids is 1. The maximum absolute atomic E-state index is 10.9. The molecular formula is C7H14O5S. The summed E-state index contributed by atoms with van der Waals surface area (Å²) in [5.41, 5.74) is 0. The molecule has 0 radical (unpaired) electrons. The minimum Gasteiger partial charge on any atom is -0.479 e. The lowest BCUT2D eigenvalue weighted by atomic mass is 10.4. The van der Waals surface area contributed by atoms with Gasteiger partial charge in [-0.05, 0) is 6.92 Å². The Kier molecular flexibility index (Phi) is 4.94. The van der Waals surface area contributed by atoms with Gasteiger partial charge in [-0.1, -0.05) is 6.92 Å². The number of aliphatic carboxylic acids is 1. The van der Waals surface area contributed by atoms with Crippen LogP contribution in [-0.4, -0.2) is 43.7 Å². The zero-order valence-corrected chi connectivity index (χ0v) is 8.50. The number of hydrogen-bond donors (Lipinski definition) is 1.